The number of halogens is 1. The second kappa shape index (κ2) is 7.19. The zero-order valence-electron chi connectivity index (χ0n) is 11.5. The van der Waals surface area contributed by atoms with Crippen LogP contribution in [0.25, 0.3) is 0 Å². The Morgan fingerprint density at radius 2 is 1.75 bits per heavy atom. The van der Waals surface area contributed by atoms with E-state index >= 15 is 0 Å². The van der Waals surface area contributed by atoms with Crippen LogP contribution in [0, 0.1) is 0 Å². The Balaban J connectivity index is 3.29. The van der Waals surface area contributed by atoms with Gasteiger partial charge in [-0.15, -0.1) is 0 Å². The number of carboxylic acid groups (broad SMARTS) is 1. The highest BCUT2D eigenvalue weighted by atomic mass is 79.9. The molecule has 0 heterocycles. The van der Waals surface area contributed by atoms with Crippen molar-refractivity contribution in [3.8, 4) is 0 Å². The summed E-state index contributed by atoms with van der Waals surface area (Å²) in [6.45, 7) is 4.65. The zero-order valence-corrected chi connectivity index (χ0v) is 13.9. The van der Waals surface area contributed by atoms with Gasteiger partial charge < -0.3 is 5.11 Å². The van der Waals surface area contributed by atoms with E-state index in [0.717, 1.165) is 0 Å². The van der Waals surface area contributed by atoms with Gasteiger partial charge in [0.05, 0.1) is 10.5 Å². The zero-order chi connectivity index (χ0) is 15.3. The Labute approximate surface area is 127 Å². The van der Waals surface area contributed by atoms with Crippen LogP contribution in [0.3, 0.4) is 0 Å². The van der Waals surface area contributed by atoms with Gasteiger partial charge in [0.15, 0.2) is 0 Å². The fourth-order valence-corrected chi connectivity index (χ4v) is 4.18. The van der Waals surface area contributed by atoms with Gasteiger partial charge in [0.2, 0.25) is 10.0 Å². The normalized spacial score (nSPS) is 11.8. The molecule has 7 heteroatoms. The maximum atomic E-state index is 12.6. The Kier molecular flexibility index (Phi) is 6.16. The van der Waals surface area contributed by atoms with Gasteiger partial charge in [-0.25, -0.2) is 13.2 Å². The number of aromatic carboxylic acids is 1. The van der Waals surface area contributed by atoms with Crippen LogP contribution in [0.5, 0.6) is 0 Å². The van der Waals surface area contributed by atoms with E-state index in [2.05, 4.69) is 15.9 Å². The molecule has 5 nitrogen and oxygen atoms in total. The smallest absolute Gasteiger partial charge is 0.335 e. The Morgan fingerprint density at radius 3 is 2.20 bits per heavy atom. The van der Waals surface area contributed by atoms with Gasteiger partial charge in [0.1, 0.15) is 0 Å². The molecule has 0 saturated heterocycles. The molecule has 1 aromatic carbocycles. The van der Waals surface area contributed by atoms with Crippen molar-refractivity contribution in [1.82, 2.24) is 4.31 Å². The van der Waals surface area contributed by atoms with Crippen LogP contribution in [0.15, 0.2) is 27.6 Å². The fourth-order valence-electron chi connectivity index (χ4n) is 1.84. The lowest BCUT2D eigenvalue weighted by molar-refractivity contribution is 0.0696. The number of benzene rings is 1. The minimum absolute atomic E-state index is 0.00572. The average Bonchev–Trinajstić information content (AvgIpc) is 2.37. The SMILES string of the molecule is CCCN(CCC)S(=O)(=O)c1cc(Br)cc(C(=O)O)c1. The van der Waals surface area contributed by atoms with Crippen molar-refractivity contribution in [2.24, 2.45) is 0 Å². The van der Waals surface area contributed by atoms with Crippen molar-refractivity contribution in [3.63, 3.8) is 0 Å². The third-order valence-corrected chi connectivity index (χ3v) is 5.04. The number of sulfonamides is 1. The summed E-state index contributed by atoms with van der Waals surface area (Å²) in [5, 5.41) is 9.02. The summed E-state index contributed by atoms with van der Waals surface area (Å²) >= 11 is 3.15. The second-order valence-electron chi connectivity index (χ2n) is 4.38. The highest BCUT2D eigenvalue weighted by Gasteiger charge is 2.24. The largest absolute Gasteiger partial charge is 0.478 e. The molecule has 20 heavy (non-hydrogen) atoms. The van der Waals surface area contributed by atoms with E-state index in [1.807, 2.05) is 13.8 Å². The first-order chi connectivity index (χ1) is 9.32. The van der Waals surface area contributed by atoms with Gasteiger partial charge in [-0.1, -0.05) is 29.8 Å². The molecular formula is C13H18BrNO4S. The van der Waals surface area contributed by atoms with E-state index in [0.29, 0.717) is 30.4 Å². The van der Waals surface area contributed by atoms with Gasteiger partial charge in [0.25, 0.3) is 0 Å². The summed E-state index contributed by atoms with van der Waals surface area (Å²) in [4.78, 5) is 11.0. The summed E-state index contributed by atoms with van der Waals surface area (Å²) in [6, 6.07) is 4.01. The van der Waals surface area contributed by atoms with E-state index in [1.165, 1.54) is 22.5 Å². The number of carbonyl (C=O) groups is 1. The number of carboxylic acids is 1. The monoisotopic (exact) mass is 363 g/mol. The molecule has 0 fully saturated rings. The van der Waals surface area contributed by atoms with Crippen LogP contribution in [0.4, 0.5) is 0 Å². The molecule has 0 aliphatic carbocycles. The maximum absolute atomic E-state index is 12.6. The molecule has 0 unspecified atom stereocenters. The standard InChI is InChI=1S/C13H18BrNO4S/c1-3-5-15(6-4-2)20(18,19)12-8-10(13(16)17)7-11(14)9-12/h7-9H,3-6H2,1-2H3,(H,16,17). The molecule has 0 atom stereocenters. The predicted octanol–water partition coefficient (Wildman–Crippen LogP) is 2.96. The van der Waals surface area contributed by atoms with Crippen molar-refractivity contribution in [1.29, 1.82) is 0 Å². The lowest BCUT2D eigenvalue weighted by Crippen LogP contribution is -2.32. The third-order valence-electron chi connectivity index (χ3n) is 2.70. The first kappa shape index (κ1) is 17.1. The van der Waals surface area contributed by atoms with Crippen LogP contribution in [0.1, 0.15) is 37.0 Å². The first-order valence-corrected chi connectivity index (χ1v) is 8.60. The minimum Gasteiger partial charge on any atom is -0.478 e. The van der Waals surface area contributed by atoms with Crippen LogP contribution >= 0.6 is 15.9 Å². The maximum Gasteiger partial charge on any atom is 0.335 e. The van der Waals surface area contributed by atoms with Crippen molar-refractivity contribution >= 4 is 31.9 Å². The van der Waals surface area contributed by atoms with Crippen molar-refractivity contribution in [2.45, 2.75) is 31.6 Å². The van der Waals surface area contributed by atoms with Crippen LogP contribution < -0.4 is 0 Å². The van der Waals surface area contributed by atoms with Gasteiger partial charge in [-0.2, -0.15) is 4.31 Å². The van der Waals surface area contributed by atoms with Crippen molar-refractivity contribution in [3.05, 3.63) is 28.2 Å². The highest BCUT2D eigenvalue weighted by molar-refractivity contribution is 9.10. The lowest BCUT2D eigenvalue weighted by atomic mass is 10.2. The molecule has 0 spiro atoms. The lowest BCUT2D eigenvalue weighted by Gasteiger charge is -2.21. The molecular weight excluding hydrogens is 346 g/mol. The molecule has 1 rings (SSSR count). The average molecular weight is 364 g/mol. The number of hydrogen-bond donors (Lipinski definition) is 1. The van der Waals surface area contributed by atoms with E-state index in [9.17, 15) is 13.2 Å². The number of nitrogens with zero attached hydrogens (tertiary/aromatic N) is 1. The van der Waals surface area contributed by atoms with Crippen molar-refractivity contribution in [2.75, 3.05) is 13.1 Å². The second-order valence-corrected chi connectivity index (χ2v) is 7.24. The van der Waals surface area contributed by atoms with E-state index in [1.54, 1.807) is 0 Å². The fraction of sp³-hybridized carbons (Fsp3) is 0.462. The molecule has 112 valence electrons. The van der Waals surface area contributed by atoms with Gasteiger partial charge in [-0.05, 0) is 31.0 Å². The van der Waals surface area contributed by atoms with E-state index in [-0.39, 0.29) is 10.5 Å². The molecule has 0 aliphatic rings. The van der Waals surface area contributed by atoms with Gasteiger partial charge >= 0.3 is 5.97 Å². The summed E-state index contributed by atoms with van der Waals surface area (Å²) in [5.41, 5.74) is -0.0501. The Hall–Kier alpha value is -0.920. The molecule has 0 amide bonds. The molecule has 0 aromatic heterocycles. The first-order valence-electron chi connectivity index (χ1n) is 6.37. The van der Waals surface area contributed by atoms with Crippen LogP contribution in [-0.2, 0) is 10.0 Å². The summed E-state index contributed by atoms with van der Waals surface area (Å²) in [5.74, 6) is -1.15. The topological polar surface area (TPSA) is 74.7 Å². The Morgan fingerprint density at radius 1 is 1.20 bits per heavy atom. The molecule has 0 radical (unpaired) electrons. The minimum atomic E-state index is -3.66. The molecule has 0 saturated carbocycles. The van der Waals surface area contributed by atoms with Crippen LogP contribution in [0.2, 0.25) is 0 Å². The van der Waals surface area contributed by atoms with Crippen LogP contribution in [-0.4, -0.2) is 36.9 Å². The molecule has 1 N–H and O–H groups in total. The number of hydrogen-bond acceptors (Lipinski definition) is 3. The van der Waals surface area contributed by atoms with E-state index in [4.69, 9.17) is 5.11 Å². The summed E-state index contributed by atoms with van der Waals surface area (Å²) < 4.78 is 26.9. The third kappa shape index (κ3) is 4.04. The molecule has 0 aliphatic heterocycles. The quantitative estimate of drug-likeness (QED) is 0.807. The number of rotatable bonds is 7. The molecule has 0 bridgehead atoms. The highest BCUT2D eigenvalue weighted by Crippen LogP contribution is 2.23. The Bertz CT molecular complexity index is 580. The van der Waals surface area contributed by atoms with Crippen molar-refractivity contribution < 1.29 is 18.3 Å². The summed E-state index contributed by atoms with van der Waals surface area (Å²) in [6.07, 6.45) is 1.41. The molecule has 1 aromatic rings. The van der Waals surface area contributed by atoms with E-state index < -0.39 is 16.0 Å². The van der Waals surface area contributed by atoms with Gasteiger partial charge in [-0.3, -0.25) is 0 Å². The van der Waals surface area contributed by atoms with Gasteiger partial charge in [0, 0.05) is 17.6 Å². The summed E-state index contributed by atoms with van der Waals surface area (Å²) in [7, 11) is -3.66. The predicted molar refractivity (Wildman–Crippen MR) is 80.4 cm³/mol.